The Morgan fingerprint density at radius 1 is 0.889 bits per heavy atom. The summed E-state index contributed by atoms with van der Waals surface area (Å²) in [6, 6.07) is 28.9. The van der Waals surface area contributed by atoms with Crippen LogP contribution in [0.3, 0.4) is 0 Å². The molecule has 0 atom stereocenters. The zero-order valence-corrected chi connectivity index (χ0v) is 19.5. The van der Waals surface area contributed by atoms with Gasteiger partial charge >= 0.3 is 0 Å². The van der Waals surface area contributed by atoms with E-state index in [2.05, 4.69) is 20.6 Å². The standard InChI is InChI=1S/C28H18ClN5O2/c29-19-10-14-21(15-11-19)32-28-33-25(24(16-30)27(36)34-28)18-8-12-20(13-9-18)31-26(35)23-7-3-5-17-4-1-2-6-22(17)23/h1-15H,(H,31,35)(H2,32,33,34,36). The van der Waals surface area contributed by atoms with Gasteiger partial charge in [0.25, 0.3) is 11.5 Å². The predicted octanol–water partition coefficient (Wildman–Crippen LogP) is 6.11. The first-order valence-corrected chi connectivity index (χ1v) is 11.4. The monoisotopic (exact) mass is 491 g/mol. The summed E-state index contributed by atoms with van der Waals surface area (Å²) in [7, 11) is 0. The van der Waals surface area contributed by atoms with Crippen molar-refractivity contribution in [3.63, 3.8) is 0 Å². The van der Waals surface area contributed by atoms with Gasteiger partial charge in [-0.15, -0.1) is 0 Å². The first-order chi connectivity index (χ1) is 17.5. The number of hydrogen-bond acceptors (Lipinski definition) is 5. The van der Waals surface area contributed by atoms with E-state index in [9.17, 15) is 14.9 Å². The molecular weight excluding hydrogens is 474 g/mol. The highest BCUT2D eigenvalue weighted by Crippen LogP contribution is 2.25. The Morgan fingerprint density at radius 2 is 1.58 bits per heavy atom. The molecule has 0 aliphatic carbocycles. The summed E-state index contributed by atoms with van der Waals surface area (Å²) in [5.74, 6) is -0.0503. The summed E-state index contributed by atoms with van der Waals surface area (Å²) in [5.41, 5.74) is 1.92. The third kappa shape index (κ3) is 4.67. The highest BCUT2D eigenvalue weighted by atomic mass is 35.5. The Kier molecular flexibility index (Phi) is 6.18. The quantitative estimate of drug-likeness (QED) is 0.274. The van der Waals surface area contributed by atoms with Crippen LogP contribution in [0.5, 0.6) is 0 Å². The molecule has 174 valence electrons. The van der Waals surface area contributed by atoms with Gasteiger partial charge in [-0.2, -0.15) is 5.26 Å². The summed E-state index contributed by atoms with van der Waals surface area (Å²) in [4.78, 5) is 32.5. The van der Waals surface area contributed by atoms with Crippen LogP contribution in [0.4, 0.5) is 17.3 Å². The molecular formula is C28H18ClN5O2. The third-order valence-corrected chi connectivity index (χ3v) is 5.84. The Bertz CT molecular complexity index is 1680. The summed E-state index contributed by atoms with van der Waals surface area (Å²) in [5, 5.41) is 17.9. The minimum absolute atomic E-state index is 0.107. The van der Waals surface area contributed by atoms with E-state index in [0.29, 0.717) is 27.5 Å². The molecule has 3 N–H and O–H groups in total. The lowest BCUT2D eigenvalue weighted by atomic mass is 10.0. The second-order valence-electron chi connectivity index (χ2n) is 7.94. The van der Waals surface area contributed by atoms with Crippen LogP contribution in [-0.4, -0.2) is 15.9 Å². The second-order valence-corrected chi connectivity index (χ2v) is 8.38. The van der Waals surface area contributed by atoms with E-state index in [0.717, 1.165) is 10.8 Å². The number of nitrogens with zero attached hydrogens (tertiary/aromatic N) is 2. The zero-order valence-electron chi connectivity index (χ0n) is 18.7. The molecule has 0 bridgehead atoms. The fourth-order valence-electron chi connectivity index (χ4n) is 3.85. The summed E-state index contributed by atoms with van der Waals surface area (Å²) < 4.78 is 0. The Labute approximate surface area is 211 Å². The normalized spacial score (nSPS) is 10.6. The summed E-state index contributed by atoms with van der Waals surface area (Å²) in [6.07, 6.45) is 0. The average molecular weight is 492 g/mol. The van der Waals surface area contributed by atoms with Crippen molar-refractivity contribution in [3.05, 3.63) is 117 Å². The third-order valence-electron chi connectivity index (χ3n) is 5.59. The van der Waals surface area contributed by atoms with Gasteiger partial charge in [0.1, 0.15) is 11.6 Å². The number of H-pyrrole nitrogens is 1. The van der Waals surface area contributed by atoms with E-state index in [4.69, 9.17) is 11.6 Å². The molecule has 0 saturated heterocycles. The number of amides is 1. The van der Waals surface area contributed by atoms with E-state index in [-0.39, 0.29) is 23.1 Å². The lowest BCUT2D eigenvalue weighted by Gasteiger charge is -2.11. The molecule has 7 nitrogen and oxygen atoms in total. The molecule has 0 saturated carbocycles. The average Bonchev–Trinajstić information content (AvgIpc) is 2.90. The molecule has 1 amide bonds. The van der Waals surface area contributed by atoms with Gasteiger partial charge < -0.3 is 10.6 Å². The fraction of sp³-hybridized carbons (Fsp3) is 0. The largest absolute Gasteiger partial charge is 0.326 e. The van der Waals surface area contributed by atoms with Crippen LogP contribution in [0.2, 0.25) is 5.02 Å². The van der Waals surface area contributed by atoms with E-state index >= 15 is 0 Å². The van der Waals surface area contributed by atoms with E-state index in [1.54, 1.807) is 54.6 Å². The molecule has 0 fully saturated rings. The molecule has 0 radical (unpaired) electrons. The molecule has 0 unspecified atom stereocenters. The minimum atomic E-state index is -0.563. The Morgan fingerprint density at radius 3 is 2.33 bits per heavy atom. The molecule has 5 rings (SSSR count). The molecule has 1 aromatic heterocycles. The lowest BCUT2D eigenvalue weighted by molar-refractivity contribution is 0.102. The highest BCUT2D eigenvalue weighted by Gasteiger charge is 2.15. The Hall–Kier alpha value is -4.93. The number of halogens is 1. The number of fused-ring (bicyclic) bond motifs is 1. The molecule has 4 aromatic carbocycles. The first kappa shape index (κ1) is 22.8. The number of carbonyl (C=O) groups is 1. The molecule has 1 heterocycles. The fourth-order valence-corrected chi connectivity index (χ4v) is 3.97. The van der Waals surface area contributed by atoms with Gasteiger partial charge in [-0.25, -0.2) is 4.98 Å². The molecule has 36 heavy (non-hydrogen) atoms. The van der Waals surface area contributed by atoms with Gasteiger partial charge in [0.15, 0.2) is 0 Å². The molecule has 0 aliphatic rings. The van der Waals surface area contributed by atoms with Crippen molar-refractivity contribution in [1.82, 2.24) is 9.97 Å². The van der Waals surface area contributed by atoms with Crippen molar-refractivity contribution < 1.29 is 4.79 Å². The number of aromatic nitrogens is 2. The van der Waals surface area contributed by atoms with Gasteiger partial charge in [0, 0.05) is 27.5 Å². The highest BCUT2D eigenvalue weighted by molar-refractivity contribution is 6.30. The van der Waals surface area contributed by atoms with Crippen molar-refractivity contribution >= 4 is 45.6 Å². The van der Waals surface area contributed by atoms with E-state index in [1.807, 2.05) is 42.5 Å². The number of anilines is 3. The van der Waals surface area contributed by atoms with Crippen LogP contribution in [0.1, 0.15) is 15.9 Å². The number of rotatable bonds is 5. The van der Waals surface area contributed by atoms with Crippen molar-refractivity contribution in [3.8, 4) is 17.3 Å². The number of nitriles is 1. The SMILES string of the molecule is N#Cc1c(-c2ccc(NC(=O)c3cccc4ccccc34)cc2)nc(Nc2ccc(Cl)cc2)[nH]c1=O. The van der Waals surface area contributed by atoms with Crippen LogP contribution in [-0.2, 0) is 0 Å². The Balaban J connectivity index is 1.42. The zero-order chi connectivity index (χ0) is 25.1. The van der Waals surface area contributed by atoms with Gasteiger partial charge in [-0.1, -0.05) is 60.1 Å². The van der Waals surface area contributed by atoms with Crippen molar-refractivity contribution in [1.29, 1.82) is 5.26 Å². The van der Waals surface area contributed by atoms with Crippen LogP contribution in [0.25, 0.3) is 22.0 Å². The van der Waals surface area contributed by atoms with E-state index in [1.165, 1.54) is 0 Å². The summed E-state index contributed by atoms with van der Waals surface area (Å²) in [6.45, 7) is 0. The van der Waals surface area contributed by atoms with Gasteiger partial charge in [0.2, 0.25) is 5.95 Å². The van der Waals surface area contributed by atoms with Crippen molar-refractivity contribution in [2.45, 2.75) is 0 Å². The molecule has 0 spiro atoms. The number of carbonyl (C=O) groups excluding carboxylic acids is 1. The van der Waals surface area contributed by atoms with Gasteiger partial charge in [-0.3, -0.25) is 14.6 Å². The van der Waals surface area contributed by atoms with Crippen LogP contribution < -0.4 is 16.2 Å². The van der Waals surface area contributed by atoms with Gasteiger partial charge in [0.05, 0.1) is 5.69 Å². The van der Waals surface area contributed by atoms with Crippen LogP contribution in [0, 0.1) is 11.3 Å². The smallest absolute Gasteiger partial charge is 0.270 e. The predicted molar refractivity (Wildman–Crippen MR) is 142 cm³/mol. The molecule has 5 aromatic rings. The lowest BCUT2D eigenvalue weighted by Crippen LogP contribution is -2.16. The maximum absolute atomic E-state index is 12.9. The minimum Gasteiger partial charge on any atom is -0.326 e. The second kappa shape index (κ2) is 9.74. The van der Waals surface area contributed by atoms with Crippen LogP contribution in [0.15, 0.2) is 95.8 Å². The van der Waals surface area contributed by atoms with Gasteiger partial charge in [-0.05, 0) is 53.2 Å². The number of aromatic amines is 1. The van der Waals surface area contributed by atoms with E-state index < -0.39 is 5.56 Å². The maximum Gasteiger partial charge on any atom is 0.270 e. The van der Waals surface area contributed by atoms with Crippen molar-refractivity contribution in [2.75, 3.05) is 10.6 Å². The van der Waals surface area contributed by atoms with Crippen molar-refractivity contribution in [2.24, 2.45) is 0 Å². The number of nitrogens with one attached hydrogen (secondary N) is 3. The van der Waals surface area contributed by atoms with Crippen LogP contribution >= 0.6 is 11.6 Å². The first-order valence-electron chi connectivity index (χ1n) is 11.0. The number of hydrogen-bond donors (Lipinski definition) is 3. The molecule has 0 aliphatic heterocycles. The molecule has 8 heteroatoms. The number of benzene rings is 4. The topological polar surface area (TPSA) is 111 Å². The maximum atomic E-state index is 12.9. The summed E-state index contributed by atoms with van der Waals surface area (Å²) >= 11 is 5.93.